The second-order valence-corrected chi connectivity index (χ2v) is 4.75. The minimum Gasteiger partial charge on any atom is -0.272 e. The van der Waals surface area contributed by atoms with Gasteiger partial charge >= 0.3 is 0 Å². The van der Waals surface area contributed by atoms with Gasteiger partial charge in [-0.1, -0.05) is 23.7 Å². The van der Waals surface area contributed by atoms with Crippen molar-refractivity contribution in [1.82, 2.24) is 0 Å². The minimum absolute atomic E-state index is 0.0239. The molecular formula is C15H8ClN5O2. The molecule has 7 nitrogen and oxygen atoms in total. The van der Waals surface area contributed by atoms with Crippen molar-refractivity contribution in [3.63, 3.8) is 0 Å². The number of nitrogens with one attached hydrogen (secondary N) is 1. The second kappa shape index (κ2) is 7.03. The van der Waals surface area contributed by atoms with Crippen molar-refractivity contribution in [2.45, 2.75) is 0 Å². The van der Waals surface area contributed by atoms with E-state index in [9.17, 15) is 10.1 Å². The van der Waals surface area contributed by atoms with Gasteiger partial charge in [0, 0.05) is 11.1 Å². The van der Waals surface area contributed by atoms with E-state index in [0.717, 1.165) is 11.6 Å². The molecule has 0 atom stereocenters. The van der Waals surface area contributed by atoms with Crippen LogP contribution in [-0.2, 0) is 0 Å². The summed E-state index contributed by atoms with van der Waals surface area (Å²) in [6.07, 6.45) is 1.45. The largest absolute Gasteiger partial charge is 0.295 e. The van der Waals surface area contributed by atoms with Crippen LogP contribution >= 0.6 is 11.6 Å². The van der Waals surface area contributed by atoms with E-state index in [1.54, 1.807) is 30.3 Å². The SMILES string of the molecule is N#Cc1cc(N/N=C\c2ccc(Cl)cc2)c([N+](=O)[O-])cc1C#N. The van der Waals surface area contributed by atoms with Crippen LogP contribution in [0.4, 0.5) is 11.4 Å². The predicted octanol–water partition coefficient (Wildman–Crippen LogP) is 3.44. The van der Waals surface area contributed by atoms with Gasteiger partial charge in [0.15, 0.2) is 0 Å². The molecule has 0 saturated heterocycles. The molecule has 23 heavy (non-hydrogen) atoms. The van der Waals surface area contributed by atoms with E-state index < -0.39 is 4.92 Å². The van der Waals surface area contributed by atoms with Gasteiger partial charge in [-0.3, -0.25) is 15.5 Å². The standard InChI is InChI=1S/C15H8ClN5O2/c16-13-3-1-10(2-4-13)9-19-20-14-5-11(7-17)12(8-18)6-15(14)21(22)23/h1-6,9,20H/b19-9-. The van der Waals surface area contributed by atoms with E-state index >= 15 is 0 Å². The number of nitrogens with zero attached hydrogens (tertiary/aromatic N) is 4. The summed E-state index contributed by atoms with van der Waals surface area (Å²) in [7, 11) is 0. The van der Waals surface area contributed by atoms with Crippen molar-refractivity contribution in [2.24, 2.45) is 5.10 Å². The number of nitro groups is 1. The summed E-state index contributed by atoms with van der Waals surface area (Å²) in [5.74, 6) is 0. The number of hydrogen-bond acceptors (Lipinski definition) is 6. The monoisotopic (exact) mass is 325 g/mol. The summed E-state index contributed by atoms with van der Waals surface area (Å²) < 4.78 is 0. The van der Waals surface area contributed by atoms with Crippen LogP contribution < -0.4 is 5.43 Å². The number of hydrogen-bond donors (Lipinski definition) is 1. The molecule has 2 rings (SSSR count). The fourth-order valence-corrected chi connectivity index (χ4v) is 1.87. The fourth-order valence-electron chi connectivity index (χ4n) is 1.74. The van der Waals surface area contributed by atoms with Gasteiger partial charge in [-0.2, -0.15) is 15.6 Å². The summed E-state index contributed by atoms with van der Waals surface area (Å²) in [5, 5.41) is 33.4. The average Bonchev–Trinajstić information content (AvgIpc) is 2.55. The number of nitro benzene ring substituents is 1. The van der Waals surface area contributed by atoms with Crippen LogP contribution in [-0.4, -0.2) is 11.1 Å². The van der Waals surface area contributed by atoms with Gasteiger partial charge in [-0.25, -0.2) is 0 Å². The Morgan fingerprint density at radius 3 is 2.35 bits per heavy atom. The summed E-state index contributed by atoms with van der Waals surface area (Å²) >= 11 is 5.77. The lowest BCUT2D eigenvalue weighted by Crippen LogP contribution is -1.99. The molecule has 0 aliphatic carbocycles. The molecule has 0 aromatic heterocycles. The van der Waals surface area contributed by atoms with Crippen molar-refractivity contribution in [3.05, 3.63) is 68.2 Å². The first-order chi connectivity index (χ1) is 11.0. The lowest BCUT2D eigenvalue weighted by atomic mass is 10.1. The topological polar surface area (TPSA) is 115 Å². The summed E-state index contributed by atoms with van der Waals surface area (Å²) in [5.41, 5.74) is 2.90. The Morgan fingerprint density at radius 2 is 1.78 bits per heavy atom. The van der Waals surface area contributed by atoms with Crippen molar-refractivity contribution in [3.8, 4) is 12.1 Å². The third-order valence-electron chi connectivity index (χ3n) is 2.84. The normalized spacial score (nSPS) is 10.0. The van der Waals surface area contributed by atoms with E-state index in [1.807, 2.05) is 6.07 Å². The quantitative estimate of drug-likeness (QED) is 0.525. The predicted molar refractivity (Wildman–Crippen MR) is 85.2 cm³/mol. The highest BCUT2D eigenvalue weighted by molar-refractivity contribution is 6.30. The summed E-state index contributed by atoms with van der Waals surface area (Å²) in [6.45, 7) is 0. The van der Waals surface area contributed by atoms with E-state index in [1.165, 1.54) is 12.3 Å². The van der Waals surface area contributed by atoms with E-state index in [-0.39, 0.29) is 22.5 Å². The molecule has 8 heteroatoms. The average molecular weight is 326 g/mol. The highest BCUT2D eigenvalue weighted by Gasteiger charge is 2.18. The Hall–Kier alpha value is -3.42. The molecule has 0 bridgehead atoms. The zero-order valence-electron chi connectivity index (χ0n) is 11.5. The first-order valence-electron chi connectivity index (χ1n) is 6.22. The Bertz CT molecular complexity index is 863. The maximum atomic E-state index is 11.1. The lowest BCUT2D eigenvalue weighted by Gasteiger charge is -2.04. The maximum absolute atomic E-state index is 11.1. The molecule has 0 spiro atoms. The Morgan fingerprint density at radius 1 is 1.17 bits per heavy atom. The maximum Gasteiger partial charge on any atom is 0.295 e. The van der Waals surface area contributed by atoms with Gasteiger partial charge in [0.1, 0.15) is 17.8 Å². The zero-order valence-corrected chi connectivity index (χ0v) is 12.3. The zero-order chi connectivity index (χ0) is 16.8. The van der Waals surface area contributed by atoms with Crippen LogP contribution in [0, 0.1) is 32.8 Å². The van der Waals surface area contributed by atoms with Crippen molar-refractivity contribution >= 4 is 29.2 Å². The third kappa shape index (κ3) is 3.82. The Kier molecular flexibility index (Phi) is 4.88. The minimum atomic E-state index is -0.651. The van der Waals surface area contributed by atoms with Crippen LogP contribution in [0.15, 0.2) is 41.5 Å². The van der Waals surface area contributed by atoms with E-state index in [4.69, 9.17) is 22.1 Å². The number of hydrazone groups is 1. The molecule has 0 aliphatic rings. The Balaban J connectivity index is 2.31. The Labute approximate surface area is 136 Å². The van der Waals surface area contributed by atoms with Crippen molar-refractivity contribution in [1.29, 1.82) is 10.5 Å². The van der Waals surface area contributed by atoms with Gasteiger partial charge in [0.05, 0.1) is 22.3 Å². The molecule has 0 aliphatic heterocycles. The molecule has 112 valence electrons. The fraction of sp³-hybridized carbons (Fsp3) is 0. The number of halogens is 1. The van der Waals surface area contributed by atoms with E-state index in [0.29, 0.717) is 5.02 Å². The summed E-state index contributed by atoms with van der Waals surface area (Å²) in [6, 6.07) is 12.6. The molecule has 0 fully saturated rings. The molecule has 0 unspecified atom stereocenters. The van der Waals surface area contributed by atoms with Gasteiger partial charge in [0.25, 0.3) is 5.69 Å². The first-order valence-corrected chi connectivity index (χ1v) is 6.60. The van der Waals surface area contributed by atoms with Crippen molar-refractivity contribution < 1.29 is 4.92 Å². The number of rotatable bonds is 4. The van der Waals surface area contributed by atoms with Gasteiger partial charge in [0.2, 0.25) is 0 Å². The molecule has 0 radical (unpaired) electrons. The molecular weight excluding hydrogens is 318 g/mol. The summed E-state index contributed by atoms with van der Waals surface area (Å²) in [4.78, 5) is 10.4. The molecule has 1 N–H and O–H groups in total. The molecule has 0 saturated carbocycles. The van der Waals surface area contributed by atoms with Gasteiger partial charge < -0.3 is 0 Å². The smallest absolute Gasteiger partial charge is 0.272 e. The molecule has 2 aromatic carbocycles. The number of nitriles is 2. The number of anilines is 1. The van der Waals surface area contributed by atoms with Crippen LogP contribution in [0.3, 0.4) is 0 Å². The second-order valence-electron chi connectivity index (χ2n) is 4.32. The van der Waals surface area contributed by atoms with Crippen molar-refractivity contribution in [2.75, 3.05) is 5.43 Å². The number of benzene rings is 2. The van der Waals surface area contributed by atoms with Gasteiger partial charge in [-0.05, 0) is 23.8 Å². The molecule has 0 amide bonds. The van der Waals surface area contributed by atoms with Crippen LogP contribution in [0.1, 0.15) is 16.7 Å². The highest BCUT2D eigenvalue weighted by Crippen LogP contribution is 2.28. The molecule has 0 heterocycles. The molecule has 2 aromatic rings. The van der Waals surface area contributed by atoms with Crippen LogP contribution in [0.5, 0.6) is 0 Å². The van der Waals surface area contributed by atoms with Gasteiger partial charge in [-0.15, -0.1) is 0 Å². The van der Waals surface area contributed by atoms with E-state index in [2.05, 4.69) is 10.5 Å². The highest BCUT2D eigenvalue weighted by atomic mass is 35.5. The first kappa shape index (κ1) is 16.0. The van der Waals surface area contributed by atoms with Crippen LogP contribution in [0.2, 0.25) is 5.02 Å². The lowest BCUT2D eigenvalue weighted by molar-refractivity contribution is -0.384. The third-order valence-corrected chi connectivity index (χ3v) is 3.09. The van der Waals surface area contributed by atoms with Crippen LogP contribution in [0.25, 0.3) is 0 Å².